The molecule has 0 saturated heterocycles. The summed E-state index contributed by atoms with van der Waals surface area (Å²) in [7, 11) is 0. The van der Waals surface area contributed by atoms with Crippen LogP contribution in [0.3, 0.4) is 0 Å². The standard InChI is InChI=1S/C8H14O2/c1-5-6-8(3,4)10-7(2)9/h5-6H,1-4H3. The molecule has 0 N–H and O–H groups in total. The van der Waals surface area contributed by atoms with Crippen molar-refractivity contribution in [2.75, 3.05) is 0 Å². The molecule has 0 aliphatic rings. The molecule has 0 aliphatic carbocycles. The van der Waals surface area contributed by atoms with Crippen LogP contribution in [0.25, 0.3) is 0 Å². The van der Waals surface area contributed by atoms with E-state index in [4.69, 9.17) is 4.74 Å². The molecule has 0 heterocycles. The Morgan fingerprint density at radius 1 is 1.50 bits per heavy atom. The first kappa shape index (κ1) is 9.21. The van der Waals surface area contributed by atoms with E-state index < -0.39 is 5.60 Å². The number of hydrogen-bond donors (Lipinski definition) is 0. The van der Waals surface area contributed by atoms with Gasteiger partial charge in [-0.05, 0) is 26.8 Å². The summed E-state index contributed by atoms with van der Waals surface area (Å²) >= 11 is 0. The summed E-state index contributed by atoms with van der Waals surface area (Å²) in [4.78, 5) is 10.5. The van der Waals surface area contributed by atoms with Gasteiger partial charge in [-0.3, -0.25) is 4.79 Å². The molecule has 0 saturated carbocycles. The zero-order valence-corrected chi connectivity index (χ0v) is 6.97. The van der Waals surface area contributed by atoms with Gasteiger partial charge in [0.15, 0.2) is 0 Å². The molecule has 0 rings (SSSR count). The van der Waals surface area contributed by atoms with E-state index in [2.05, 4.69) is 0 Å². The minimum Gasteiger partial charge on any atom is -0.456 e. The minimum absolute atomic E-state index is 0.247. The van der Waals surface area contributed by atoms with Gasteiger partial charge in [0.25, 0.3) is 0 Å². The second-order valence-electron chi connectivity index (χ2n) is 2.70. The molecule has 0 aromatic heterocycles. The van der Waals surface area contributed by atoms with E-state index in [-0.39, 0.29) is 5.97 Å². The molecule has 10 heavy (non-hydrogen) atoms. The smallest absolute Gasteiger partial charge is 0.303 e. The lowest BCUT2D eigenvalue weighted by Crippen LogP contribution is -2.23. The quantitative estimate of drug-likeness (QED) is 0.435. The Bertz CT molecular complexity index is 145. The molecule has 0 atom stereocenters. The van der Waals surface area contributed by atoms with Gasteiger partial charge in [0.2, 0.25) is 0 Å². The zero-order valence-electron chi connectivity index (χ0n) is 6.97. The summed E-state index contributed by atoms with van der Waals surface area (Å²) in [6, 6.07) is 0. The van der Waals surface area contributed by atoms with Crippen LogP contribution in [0.15, 0.2) is 12.2 Å². The van der Waals surface area contributed by atoms with Crippen molar-refractivity contribution < 1.29 is 9.53 Å². The van der Waals surface area contributed by atoms with Crippen LogP contribution < -0.4 is 0 Å². The van der Waals surface area contributed by atoms with E-state index >= 15 is 0 Å². The first-order valence-corrected chi connectivity index (χ1v) is 3.31. The lowest BCUT2D eigenvalue weighted by molar-refractivity contribution is -0.149. The van der Waals surface area contributed by atoms with Crippen LogP contribution in [0.5, 0.6) is 0 Å². The maximum absolute atomic E-state index is 10.5. The Balaban J connectivity index is 3.99. The van der Waals surface area contributed by atoms with Crippen LogP contribution in [0, 0.1) is 0 Å². The van der Waals surface area contributed by atoms with Gasteiger partial charge in [0, 0.05) is 6.92 Å². The van der Waals surface area contributed by atoms with Gasteiger partial charge in [-0.1, -0.05) is 6.08 Å². The Morgan fingerprint density at radius 2 is 2.00 bits per heavy atom. The van der Waals surface area contributed by atoms with E-state index in [1.807, 2.05) is 32.9 Å². The number of esters is 1. The Labute approximate surface area is 61.9 Å². The van der Waals surface area contributed by atoms with Crippen LogP contribution in [0.1, 0.15) is 27.7 Å². The maximum atomic E-state index is 10.5. The summed E-state index contributed by atoms with van der Waals surface area (Å²) < 4.78 is 4.95. The van der Waals surface area contributed by atoms with Crippen molar-refractivity contribution in [3.8, 4) is 0 Å². The van der Waals surface area contributed by atoms with E-state index in [0.29, 0.717) is 0 Å². The van der Waals surface area contributed by atoms with E-state index in [9.17, 15) is 4.79 Å². The number of allylic oxidation sites excluding steroid dienone is 1. The number of ether oxygens (including phenoxy) is 1. The summed E-state index contributed by atoms with van der Waals surface area (Å²) in [5.74, 6) is -0.247. The molecule has 0 amide bonds. The summed E-state index contributed by atoms with van der Waals surface area (Å²) in [6.45, 7) is 6.99. The Kier molecular flexibility index (Phi) is 3.13. The van der Waals surface area contributed by atoms with Gasteiger partial charge in [0.1, 0.15) is 5.60 Å². The fourth-order valence-corrected chi connectivity index (χ4v) is 0.806. The summed E-state index contributed by atoms with van der Waals surface area (Å²) in [5, 5.41) is 0. The molecule has 58 valence electrons. The van der Waals surface area contributed by atoms with Crippen molar-refractivity contribution in [2.24, 2.45) is 0 Å². The summed E-state index contributed by atoms with van der Waals surface area (Å²) in [5.41, 5.74) is -0.458. The number of rotatable bonds is 2. The third-order valence-corrected chi connectivity index (χ3v) is 0.975. The Hall–Kier alpha value is -0.790. The van der Waals surface area contributed by atoms with Gasteiger partial charge in [-0.2, -0.15) is 0 Å². The predicted molar refractivity (Wildman–Crippen MR) is 40.7 cm³/mol. The van der Waals surface area contributed by atoms with Gasteiger partial charge in [-0.25, -0.2) is 0 Å². The zero-order chi connectivity index (χ0) is 8.20. The van der Waals surface area contributed by atoms with Crippen LogP contribution in [-0.2, 0) is 9.53 Å². The third kappa shape index (κ3) is 4.13. The number of carbonyl (C=O) groups excluding carboxylic acids is 1. The number of hydrogen-bond acceptors (Lipinski definition) is 2. The maximum Gasteiger partial charge on any atom is 0.303 e. The fourth-order valence-electron chi connectivity index (χ4n) is 0.806. The van der Waals surface area contributed by atoms with Crippen molar-refractivity contribution >= 4 is 5.97 Å². The van der Waals surface area contributed by atoms with Crippen molar-refractivity contribution in [3.05, 3.63) is 12.2 Å². The number of carbonyl (C=O) groups is 1. The third-order valence-electron chi connectivity index (χ3n) is 0.975. The van der Waals surface area contributed by atoms with Crippen molar-refractivity contribution in [1.82, 2.24) is 0 Å². The molecule has 0 radical (unpaired) electrons. The van der Waals surface area contributed by atoms with Gasteiger partial charge in [0.05, 0.1) is 0 Å². The molecule has 0 unspecified atom stereocenters. The van der Waals surface area contributed by atoms with E-state index in [1.54, 1.807) is 0 Å². The Morgan fingerprint density at radius 3 is 2.30 bits per heavy atom. The van der Waals surface area contributed by atoms with Crippen LogP contribution >= 0.6 is 0 Å². The average molecular weight is 142 g/mol. The molecule has 2 heteroatoms. The first-order chi connectivity index (χ1) is 4.48. The topological polar surface area (TPSA) is 26.3 Å². The monoisotopic (exact) mass is 142 g/mol. The highest BCUT2D eigenvalue weighted by molar-refractivity contribution is 5.66. The second kappa shape index (κ2) is 3.40. The van der Waals surface area contributed by atoms with Gasteiger partial charge in [-0.15, -0.1) is 0 Å². The minimum atomic E-state index is -0.458. The molecule has 0 aromatic carbocycles. The summed E-state index contributed by atoms with van der Waals surface area (Å²) in [6.07, 6.45) is 3.71. The lowest BCUT2D eigenvalue weighted by Gasteiger charge is -2.19. The highest BCUT2D eigenvalue weighted by atomic mass is 16.6. The first-order valence-electron chi connectivity index (χ1n) is 3.31. The van der Waals surface area contributed by atoms with Crippen LogP contribution in [-0.4, -0.2) is 11.6 Å². The van der Waals surface area contributed by atoms with Crippen molar-refractivity contribution in [2.45, 2.75) is 33.3 Å². The molecule has 0 spiro atoms. The average Bonchev–Trinajstić information content (AvgIpc) is 1.59. The van der Waals surface area contributed by atoms with Crippen molar-refractivity contribution in [3.63, 3.8) is 0 Å². The van der Waals surface area contributed by atoms with E-state index in [0.717, 1.165) is 0 Å². The molecular weight excluding hydrogens is 128 g/mol. The normalized spacial score (nSPS) is 12.0. The van der Waals surface area contributed by atoms with Gasteiger partial charge < -0.3 is 4.74 Å². The van der Waals surface area contributed by atoms with Crippen LogP contribution in [0.4, 0.5) is 0 Å². The highest BCUT2D eigenvalue weighted by Gasteiger charge is 2.15. The van der Waals surface area contributed by atoms with Crippen molar-refractivity contribution in [1.29, 1.82) is 0 Å². The lowest BCUT2D eigenvalue weighted by atomic mass is 10.1. The highest BCUT2D eigenvalue weighted by Crippen LogP contribution is 2.10. The van der Waals surface area contributed by atoms with Gasteiger partial charge >= 0.3 is 5.97 Å². The largest absolute Gasteiger partial charge is 0.456 e. The molecule has 0 aliphatic heterocycles. The van der Waals surface area contributed by atoms with E-state index in [1.165, 1.54) is 6.92 Å². The molecule has 0 aromatic rings. The predicted octanol–water partition coefficient (Wildman–Crippen LogP) is 1.90. The second-order valence-corrected chi connectivity index (χ2v) is 2.70. The molecule has 0 fully saturated rings. The molecular formula is C8H14O2. The fraction of sp³-hybridized carbons (Fsp3) is 0.625. The van der Waals surface area contributed by atoms with Crippen LogP contribution in [0.2, 0.25) is 0 Å². The SMILES string of the molecule is CC=CC(C)(C)OC(C)=O. The molecule has 2 nitrogen and oxygen atoms in total. The molecule has 0 bridgehead atoms.